The minimum absolute atomic E-state index is 0.152. The van der Waals surface area contributed by atoms with Gasteiger partial charge < -0.3 is 9.74 Å². The lowest BCUT2D eigenvalue weighted by Crippen LogP contribution is -2.40. The van der Waals surface area contributed by atoms with E-state index >= 15 is 0 Å². The number of nitrogens with zero attached hydrogens (tertiary/aromatic N) is 3. The number of hydrogen-bond donors (Lipinski definition) is 1. The van der Waals surface area contributed by atoms with Crippen LogP contribution in [0, 0.1) is 11.3 Å². The predicted octanol–water partition coefficient (Wildman–Crippen LogP) is 5.33. The minimum atomic E-state index is -1.83. The third-order valence-corrected chi connectivity index (χ3v) is 9.54. The van der Waals surface area contributed by atoms with Crippen molar-refractivity contribution in [1.29, 1.82) is 5.26 Å². The molecule has 0 aliphatic rings. The highest BCUT2D eigenvalue weighted by Crippen LogP contribution is 2.37. The first-order valence-electron chi connectivity index (χ1n) is 7.54. The lowest BCUT2D eigenvalue weighted by Gasteiger charge is -2.36. The SMILES string of the molecule is CC(C)(C)[Si](C)(C)OCc1cc(Cl)nc(Nc2nc(C#N)cs2)c1. The molecule has 0 aliphatic heterocycles. The van der Waals surface area contributed by atoms with Gasteiger partial charge in [0, 0.05) is 5.38 Å². The first-order chi connectivity index (χ1) is 11.1. The third kappa shape index (κ3) is 4.77. The number of anilines is 2. The number of hydrogen-bond acceptors (Lipinski definition) is 6. The van der Waals surface area contributed by atoms with Crippen molar-refractivity contribution in [3.8, 4) is 6.07 Å². The largest absolute Gasteiger partial charge is 0.413 e. The van der Waals surface area contributed by atoms with E-state index < -0.39 is 8.32 Å². The molecular weight excluding hydrogens is 360 g/mol. The second-order valence-electron chi connectivity index (χ2n) is 7.01. The van der Waals surface area contributed by atoms with Crippen LogP contribution in [0.25, 0.3) is 0 Å². The molecule has 2 aromatic heterocycles. The minimum Gasteiger partial charge on any atom is -0.413 e. The maximum absolute atomic E-state index is 8.83. The molecule has 0 spiro atoms. The lowest BCUT2D eigenvalue weighted by molar-refractivity contribution is 0.276. The zero-order valence-corrected chi connectivity index (χ0v) is 17.0. The molecule has 0 bridgehead atoms. The smallest absolute Gasteiger partial charge is 0.192 e. The highest BCUT2D eigenvalue weighted by Gasteiger charge is 2.37. The molecule has 128 valence electrons. The summed E-state index contributed by atoms with van der Waals surface area (Å²) in [7, 11) is -1.83. The number of nitriles is 1. The van der Waals surface area contributed by atoms with Crippen LogP contribution in [0.1, 0.15) is 32.0 Å². The van der Waals surface area contributed by atoms with Crippen LogP contribution >= 0.6 is 22.9 Å². The Morgan fingerprint density at radius 2 is 2.04 bits per heavy atom. The number of nitrogens with one attached hydrogen (secondary N) is 1. The van der Waals surface area contributed by atoms with Crippen molar-refractivity contribution in [3.63, 3.8) is 0 Å². The molecule has 2 rings (SSSR count). The number of pyridine rings is 1. The normalized spacial score (nSPS) is 12.0. The van der Waals surface area contributed by atoms with Gasteiger partial charge in [0.25, 0.3) is 0 Å². The van der Waals surface area contributed by atoms with Crippen molar-refractivity contribution < 1.29 is 4.43 Å². The Kier molecular flexibility index (Phi) is 5.66. The summed E-state index contributed by atoms with van der Waals surface area (Å²) in [6.07, 6.45) is 0. The van der Waals surface area contributed by atoms with Gasteiger partial charge in [0.1, 0.15) is 17.0 Å². The zero-order valence-electron chi connectivity index (χ0n) is 14.5. The van der Waals surface area contributed by atoms with Gasteiger partial charge in [-0.3, -0.25) is 0 Å². The average molecular weight is 381 g/mol. The fourth-order valence-electron chi connectivity index (χ4n) is 1.67. The summed E-state index contributed by atoms with van der Waals surface area (Å²) in [5.74, 6) is 0.593. The molecule has 0 radical (unpaired) electrons. The van der Waals surface area contributed by atoms with Crippen LogP contribution in [0.4, 0.5) is 10.9 Å². The van der Waals surface area contributed by atoms with Gasteiger partial charge in [-0.05, 0) is 35.8 Å². The van der Waals surface area contributed by atoms with E-state index in [1.165, 1.54) is 11.3 Å². The zero-order chi connectivity index (χ0) is 18.0. The third-order valence-electron chi connectivity index (χ3n) is 4.11. The van der Waals surface area contributed by atoms with Crippen LogP contribution in [-0.2, 0) is 11.0 Å². The lowest BCUT2D eigenvalue weighted by atomic mass is 10.2. The second-order valence-corrected chi connectivity index (χ2v) is 13.1. The van der Waals surface area contributed by atoms with Crippen molar-refractivity contribution >= 4 is 42.2 Å². The topological polar surface area (TPSA) is 70.8 Å². The van der Waals surface area contributed by atoms with Gasteiger partial charge in [0.2, 0.25) is 0 Å². The molecule has 0 aromatic carbocycles. The molecule has 0 amide bonds. The molecule has 0 saturated heterocycles. The number of thiazole rings is 1. The number of rotatable bonds is 5. The maximum Gasteiger partial charge on any atom is 0.192 e. The van der Waals surface area contributed by atoms with Gasteiger partial charge in [0.15, 0.2) is 19.1 Å². The molecular formula is C16H21ClN4OSSi. The first kappa shape index (κ1) is 18.9. The summed E-state index contributed by atoms with van der Waals surface area (Å²) >= 11 is 7.47. The molecule has 1 N–H and O–H groups in total. The van der Waals surface area contributed by atoms with E-state index in [0.717, 1.165) is 5.56 Å². The molecule has 2 heterocycles. The Labute approximate surface area is 152 Å². The van der Waals surface area contributed by atoms with Crippen LogP contribution in [0.15, 0.2) is 17.5 Å². The first-order valence-corrected chi connectivity index (χ1v) is 11.7. The second kappa shape index (κ2) is 7.19. The highest BCUT2D eigenvalue weighted by atomic mass is 35.5. The van der Waals surface area contributed by atoms with Gasteiger partial charge in [-0.1, -0.05) is 32.4 Å². The Morgan fingerprint density at radius 1 is 1.33 bits per heavy atom. The fraction of sp³-hybridized carbons (Fsp3) is 0.438. The fourth-order valence-corrected chi connectivity index (χ4v) is 3.50. The van der Waals surface area contributed by atoms with E-state index in [9.17, 15) is 0 Å². The van der Waals surface area contributed by atoms with E-state index in [1.54, 1.807) is 5.38 Å². The summed E-state index contributed by atoms with van der Waals surface area (Å²) < 4.78 is 6.23. The standard InChI is InChI=1S/C16H21ClN4OSSi/c1-16(2,3)24(4,5)22-9-11-6-13(17)20-14(7-11)21-15-19-12(8-18)10-23-15/h6-7,10H,9H2,1-5H3,(H,19,20,21). The van der Waals surface area contributed by atoms with Crippen LogP contribution < -0.4 is 5.32 Å². The Bertz CT molecular complexity index is 764. The van der Waals surface area contributed by atoms with Crippen molar-refractivity contribution in [2.24, 2.45) is 0 Å². The van der Waals surface area contributed by atoms with Gasteiger partial charge in [-0.25, -0.2) is 9.97 Å². The van der Waals surface area contributed by atoms with Crippen molar-refractivity contribution in [2.75, 3.05) is 5.32 Å². The van der Waals surface area contributed by atoms with E-state index in [0.29, 0.717) is 28.4 Å². The molecule has 8 heteroatoms. The summed E-state index contributed by atoms with van der Waals surface area (Å²) in [6.45, 7) is 11.6. The van der Waals surface area contributed by atoms with Gasteiger partial charge in [0.05, 0.1) is 6.61 Å². The Hall–Kier alpha value is -1.46. The molecule has 0 saturated carbocycles. The van der Waals surface area contributed by atoms with Crippen LogP contribution in [0.5, 0.6) is 0 Å². The maximum atomic E-state index is 8.83. The molecule has 0 fully saturated rings. The van der Waals surface area contributed by atoms with Crippen LogP contribution in [0.2, 0.25) is 23.3 Å². The molecule has 5 nitrogen and oxygen atoms in total. The molecule has 24 heavy (non-hydrogen) atoms. The number of halogens is 1. The van der Waals surface area contributed by atoms with Gasteiger partial charge >= 0.3 is 0 Å². The summed E-state index contributed by atoms with van der Waals surface area (Å²) in [5, 5.41) is 14.8. The summed E-state index contributed by atoms with van der Waals surface area (Å²) in [5.41, 5.74) is 1.34. The monoisotopic (exact) mass is 380 g/mol. The van der Waals surface area contributed by atoms with E-state index in [-0.39, 0.29) is 5.04 Å². The predicted molar refractivity (Wildman–Crippen MR) is 101 cm³/mol. The highest BCUT2D eigenvalue weighted by molar-refractivity contribution is 7.13. The number of aromatic nitrogens is 2. The van der Waals surface area contributed by atoms with Crippen LogP contribution in [0.3, 0.4) is 0 Å². The Balaban J connectivity index is 2.12. The molecule has 2 aromatic rings. The molecule has 0 atom stereocenters. The average Bonchev–Trinajstić information content (AvgIpc) is 2.91. The van der Waals surface area contributed by atoms with Crippen molar-refractivity contribution in [1.82, 2.24) is 9.97 Å². The van der Waals surface area contributed by atoms with Gasteiger partial charge in [-0.15, -0.1) is 11.3 Å². The van der Waals surface area contributed by atoms with Gasteiger partial charge in [-0.2, -0.15) is 5.26 Å². The quantitative estimate of drug-likeness (QED) is 0.560. The summed E-state index contributed by atoms with van der Waals surface area (Å²) in [6, 6.07) is 5.71. The van der Waals surface area contributed by atoms with Crippen LogP contribution in [-0.4, -0.2) is 18.3 Å². The summed E-state index contributed by atoms with van der Waals surface area (Å²) in [4.78, 5) is 8.39. The van der Waals surface area contributed by atoms with E-state index in [2.05, 4.69) is 49.1 Å². The van der Waals surface area contributed by atoms with Crippen molar-refractivity contribution in [3.05, 3.63) is 33.9 Å². The van der Waals surface area contributed by atoms with E-state index in [4.69, 9.17) is 21.3 Å². The Morgan fingerprint density at radius 3 is 2.62 bits per heavy atom. The van der Waals surface area contributed by atoms with Crippen molar-refractivity contribution in [2.45, 2.75) is 45.5 Å². The molecule has 0 aliphatic carbocycles. The molecule has 0 unspecified atom stereocenters. The van der Waals surface area contributed by atoms with E-state index in [1.807, 2.05) is 18.2 Å².